The summed E-state index contributed by atoms with van der Waals surface area (Å²) in [5, 5.41) is 0. The van der Waals surface area contributed by atoms with Gasteiger partial charge >= 0.3 is 0 Å². The van der Waals surface area contributed by atoms with Crippen LogP contribution in [0.5, 0.6) is 0 Å². The van der Waals surface area contributed by atoms with E-state index in [0.29, 0.717) is 0 Å². The first kappa shape index (κ1) is 5.21. The zero-order valence-electron chi connectivity index (χ0n) is 5.50. The Hall–Kier alpha value is -0.590. The van der Waals surface area contributed by atoms with Crippen LogP contribution in [-0.2, 0) is 4.79 Å². The third-order valence-corrected chi connectivity index (χ3v) is 2.67. The first-order valence-electron chi connectivity index (χ1n) is 3.49. The van der Waals surface area contributed by atoms with Crippen LogP contribution in [0.15, 0.2) is 11.6 Å². The number of carbonyl (C=O) groups excluding carboxylic acids is 1. The molecule has 2 aliphatic carbocycles. The molecule has 1 saturated carbocycles. The molecule has 0 bridgehead atoms. The van der Waals surface area contributed by atoms with Crippen molar-refractivity contribution in [2.24, 2.45) is 17.8 Å². The fraction of sp³-hybridized carbons (Fsp3) is 0.625. The van der Waals surface area contributed by atoms with Crippen molar-refractivity contribution in [1.29, 1.82) is 0 Å². The lowest BCUT2D eigenvalue weighted by Gasteiger charge is -1.91. The number of allylic oxidation sites excluding steroid dienone is 2. The van der Waals surface area contributed by atoms with E-state index in [0.717, 1.165) is 36.0 Å². The number of rotatable bonds is 1. The molecule has 1 heteroatoms. The highest BCUT2D eigenvalue weighted by Crippen LogP contribution is 2.55. The summed E-state index contributed by atoms with van der Waals surface area (Å²) in [6, 6.07) is 0. The summed E-state index contributed by atoms with van der Waals surface area (Å²) in [4.78, 5) is 10.2. The highest BCUT2D eigenvalue weighted by molar-refractivity contribution is 5.74. The van der Waals surface area contributed by atoms with E-state index in [1.165, 1.54) is 0 Å². The molecule has 48 valence electrons. The van der Waals surface area contributed by atoms with Gasteiger partial charge in [0.05, 0.1) is 0 Å². The summed E-state index contributed by atoms with van der Waals surface area (Å²) in [6.45, 7) is 2.26. The summed E-state index contributed by atoms with van der Waals surface area (Å²) < 4.78 is 0. The van der Waals surface area contributed by atoms with Gasteiger partial charge in [-0.15, -0.1) is 0 Å². The van der Waals surface area contributed by atoms with Crippen molar-refractivity contribution >= 4 is 6.29 Å². The largest absolute Gasteiger partial charge is 0.298 e. The summed E-state index contributed by atoms with van der Waals surface area (Å²) in [5.74, 6) is 2.48. The average Bonchev–Trinajstić information content (AvgIpc) is 2.32. The lowest BCUT2D eigenvalue weighted by molar-refractivity contribution is -0.105. The number of hydrogen-bond donors (Lipinski definition) is 0. The summed E-state index contributed by atoms with van der Waals surface area (Å²) in [6.07, 6.45) is 4.19. The first-order valence-corrected chi connectivity index (χ1v) is 3.49. The van der Waals surface area contributed by atoms with Gasteiger partial charge in [-0.1, -0.05) is 13.0 Å². The van der Waals surface area contributed by atoms with E-state index in [1.807, 2.05) is 0 Å². The second-order valence-electron chi connectivity index (χ2n) is 3.16. The molecule has 3 unspecified atom stereocenters. The zero-order chi connectivity index (χ0) is 6.43. The fourth-order valence-electron chi connectivity index (χ4n) is 1.85. The molecule has 0 saturated heterocycles. The van der Waals surface area contributed by atoms with Gasteiger partial charge in [-0.3, -0.25) is 4.79 Å². The molecule has 0 heterocycles. The van der Waals surface area contributed by atoms with E-state index < -0.39 is 0 Å². The van der Waals surface area contributed by atoms with Gasteiger partial charge in [-0.2, -0.15) is 0 Å². The first-order chi connectivity index (χ1) is 4.33. The van der Waals surface area contributed by atoms with Crippen LogP contribution in [0, 0.1) is 17.8 Å². The smallest absolute Gasteiger partial charge is 0.145 e. The van der Waals surface area contributed by atoms with E-state index >= 15 is 0 Å². The quantitative estimate of drug-likeness (QED) is 0.480. The molecule has 0 aromatic rings. The number of carbonyl (C=O) groups is 1. The van der Waals surface area contributed by atoms with E-state index in [4.69, 9.17) is 0 Å². The average molecular weight is 122 g/mol. The van der Waals surface area contributed by atoms with E-state index in [9.17, 15) is 4.79 Å². The zero-order valence-corrected chi connectivity index (χ0v) is 5.50. The van der Waals surface area contributed by atoms with Crippen LogP contribution in [0.25, 0.3) is 0 Å². The lowest BCUT2D eigenvalue weighted by Crippen LogP contribution is -1.84. The van der Waals surface area contributed by atoms with Crippen molar-refractivity contribution in [2.75, 3.05) is 0 Å². The maximum absolute atomic E-state index is 10.2. The molecule has 0 spiro atoms. The molecule has 0 aliphatic heterocycles. The van der Waals surface area contributed by atoms with E-state index in [-0.39, 0.29) is 0 Å². The van der Waals surface area contributed by atoms with Crippen LogP contribution in [-0.4, -0.2) is 6.29 Å². The second kappa shape index (κ2) is 1.47. The second-order valence-corrected chi connectivity index (χ2v) is 3.16. The highest BCUT2D eigenvalue weighted by atomic mass is 16.1. The number of aldehydes is 1. The van der Waals surface area contributed by atoms with Crippen LogP contribution in [0.2, 0.25) is 0 Å². The number of hydrogen-bond acceptors (Lipinski definition) is 1. The van der Waals surface area contributed by atoms with Gasteiger partial charge in [0.15, 0.2) is 0 Å². The topological polar surface area (TPSA) is 17.1 Å². The van der Waals surface area contributed by atoms with Gasteiger partial charge in [0.2, 0.25) is 0 Å². The van der Waals surface area contributed by atoms with Gasteiger partial charge in [-0.05, 0) is 29.7 Å². The Kier molecular flexibility index (Phi) is 0.850. The molecule has 0 N–H and O–H groups in total. The minimum absolute atomic E-state index is 0.769. The van der Waals surface area contributed by atoms with Crippen molar-refractivity contribution in [3.05, 3.63) is 11.6 Å². The third kappa shape index (κ3) is 0.576. The van der Waals surface area contributed by atoms with Gasteiger partial charge in [0.25, 0.3) is 0 Å². The van der Waals surface area contributed by atoms with Crippen molar-refractivity contribution in [1.82, 2.24) is 0 Å². The van der Waals surface area contributed by atoms with Crippen molar-refractivity contribution in [3.8, 4) is 0 Å². The molecule has 9 heavy (non-hydrogen) atoms. The SMILES string of the molecule is CC1C2C=C(C=O)CC12. The lowest BCUT2D eigenvalue weighted by atomic mass is 10.1. The van der Waals surface area contributed by atoms with Gasteiger partial charge in [-0.25, -0.2) is 0 Å². The fourth-order valence-corrected chi connectivity index (χ4v) is 1.85. The van der Waals surface area contributed by atoms with Gasteiger partial charge in [0, 0.05) is 0 Å². The predicted octanol–water partition coefficient (Wildman–Crippen LogP) is 1.40. The Labute approximate surface area is 54.8 Å². The maximum Gasteiger partial charge on any atom is 0.145 e. The summed E-state index contributed by atoms with van der Waals surface area (Å²) in [7, 11) is 0. The molecule has 2 rings (SSSR count). The van der Waals surface area contributed by atoms with Crippen LogP contribution < -0.4 is 0 Å². The monoisotopic (exact) mass is 122 g/mol. The normalized spacial score (nSPS) is 45.9. The maximum atomic E-state index is 10.2. The van der Waals surface area contributed by atoms with Crippen LogP contribution >= 0.6 is 0 Å². The van der Waals surface area contributed by atoms with Gasteiger partial charge in [0.1, 0.15) is 6.29 Å². The molecule has 0 aromatic heterocycles. The Balaban J connectivity index is 2.13. The summed E-state index contributed by atoms with van der Waals surface area (Å²) >= 11 is 0. The molecule has 1 fully saturated rings. The summed E-state index contributed by atoms with van der Waals surface area (Å²) in [5.41, 5.74) is 1.03. The van der Waals surface area contributed by atoms with E-state index in [1.54, 1.807) is 0 Å². The highest BCUT2D eigenvalue weighted by Gasteiger charge is 2.48. The van der Waals surface area contributed by atoms with Crippen molar-refractivity contribution in [3.63, 3.8) is 0 Å². The standard InChI is InChI=1S/C8H10O/c1-5-7-2-6(4-9)3-8(5)7/h2,4-5,7-8H,3H2,1H3. The van der Waals surface area contributed by atoms with Crippen LogP contribution in [0.3, 0.4) is 0 Å². The minimum atomic E-state index is 0.769. The van der Waals surface area contributed by atoms with Crippen LogP contribution in [0.4, 0.5) is 0 Å². The molecule has 0 radical (unpaired) electrons. The third-order valence-electron chi connectivity index (χ3n) is 2.67. The molecular formula is C8H10O. The Morgan fingerprint density at radius 3 is 3.00 bits per heavy atom. The van der Waals surface area contributed by atoms with Crippen molar-refractivity contribution < 1.29 is 4.79 Å². The Morgan fingerprint density at radius 2 is 2.56 bits per heavy atom. The molecule has 0 amide bonds. The molecule has 3 atom stereocenters. The predicted molar refractivity (Wildman–Crippen MR) is 34.9 cm³/mol. The van der Waals surface area contributed by atoms with Crippen LogP contribution in [0.1, 0.15) is 13.3 Å². The molecule has 0 aromatic carbocycles. The Bertz CT molecular complexity index is 181. The van der Waals surface area contributed by atoms with Crippen molar-refractivity contribution in [2.45, 2.75) is 13.3 Å². The van der Waals surface area contributed by atoms with E-state index in [2.05, 4.69) is 13.0 Å². The molecule has 2 aliphatic rings. The van der Waals surface area contributed by atoms with Gasteiger partial charge < -0.3 is 0 Å². The molecular weight excluding hydrogens is 112 g/mol. The minimum Gasteiger partial charge on any atom is -0.298 e. The number of fused-ring (bicyclic) bond motifs is 1. The molecule has 1 nitrogen and oxygen atoms in total. The Morgan fingerprint density at radius 1 is 1.78 bits per heavy atom.